The Morgan fingerprint density at radius 2 is 1.87 bits per heavy atom. The number of benzene rings is 1. The largest absolute Gasteiger partial charge is 0.377 e. The van der Waals surface area contributed by atoms with Crippen LogP contribution in [-0.4, -0.2) is 81.3 Å². The van der Waals surface area contributed by atoms with E-state index in [1.807, 2.05) is 12.1 Å². The molecule has 1 aromatic rings. The molecule has 1 fully saturated rings. The third kappa shape index (κ3) is 10.7. The van der Waals surface area contributed by atoms with Gasteiger partial charge >= 0.3 is 0 Å². The van der Waals surface area contributed by atoms with Crippen LogP contribution in [0.15, 0.2) is 29.3 Å². The van der Waals surface area contributed by atoms with Gasteiger partial charge in [0.1, 0.15) is 0 Å². The van der Waals surface area contributed by atoms with E-state index in [0.29, 0.717) is 18.7 Å². The van der Waals surface area contributed by atoms with Gasteiger partial charge in [0.25, 0.3) is 0 Å². The van der Waals surface area contributed by atoms with E-state index in [-0.39, 0.29) is 30.0 Å². The summed E-state index contributed by atoms with van der Waals surface area (Å²) in [6.07, 6.45) is 2.56. The number of piperidine rings is 1. The maximum atomic E-state index is 6.05. The van der Waals surface area contributed by atoms with E-state index in [1.54, 1.807) is 0 Å². The molecule has 1 heterocycles. The van der Waals surface area contributed by atoms with Crippen LogP contribution in [0.25, 0.3) is 0 Å². The van der Waals surface area contributed by atoms with Gasteiger partial charge in [0.15, 0.2) is 5.96 Å². The van der Waals surface area contributed by atoms with Crippen molar-refractivity contribution in [2.75, 3.05) is 53.4 Å². The summed E-state index contributed by atoms with van der Waals surface area (Å²) in [5.74, 6) is 0.903. The van der Waals surface area contributed by atoms with E-state index in [9.17, 15) is 0 Å². The van der Waals surface area contributed by atoms with E-state index in [2.05, 4.69) is 67.4 Å². The zero-order chi connectivity index (χ0) is 21.9. The van der Waals surface area contributed by atoms with Crippen molar-refractivity contribution in [2.45, 2.75) is 51.8 Å². The van der Waals surface area contributed by atoms with Crippen LogP contribution >= 0.6 is 35.6 Å². The Morgan fingerprint density at radius 3 is 2.42 bits per heavy atom. The number of aliphatic imine (C=N–C) groups is 1. The molecule has 6 nitrogen and oxygen atoms in total. The quantitative estimate of drug-likeness (QED) is 0.255. The molecule has 0 aliphatic carbocycles. The van der Waals surface area contributed by atoms with Crippen LogP contribution in [0.5, 0.6) is 0 Å². The van der Waals surface area contributed by atoms with Crippen molar-refractivity contribution in [2.24, 2.45) is 4.99 Å². The van der Waals surface area contributed by atoms with Crippen molar-refractivity contribution in [1.82, 2.24) is 20.4 Å². The molecule has 1 saturated heterocycles. The number of guanidine groups is 1. The van der Waals surface area contributed by atoms with Gasteiger partial charge in [0.05, 0.1) is 25.3 Å². The van der Waals surface area contributed by atoms with Gasteiger partial charge in [-0.3, -0.25) is 4.99 Å². The van der Waals surface area contributed by atoms with E-state index >= 15 is 0 Å². The van der Waals surface area contributed by atoms with Crippen LogP contribution in [0.2, 0.25) is 5.02 Å². The van der Waals surface area contributed by atoms with Gasteiger partial charge in [-0.15, -0.1) is 24.0 Å². The number of halogens is 2. The van der Waals surface area contributed by atoms with E-state index < -0.39 is 0 Å². The first kappa shape index (κ1) is 28.4. The molecule has 0 spiro atoms. The number of likely N-dealkylation sites (tertiary alicyclic amines) is 1. The number of likely N-dealkylation sites (N-methyl/N-ethyl adjacent to an activating group) is 1. The van der Waals surface area contributed by atoms with Crippen molar-refractivity contribution in [1.29, 1.82) is 0 Å². The Balaban J connectivity index is 0.00000480. The molecule has 0 amide bonds. The Kier molecular flexibility index (Phi) is 14.0. The standard InChI is InChI=1S/C23H40ClN5O.HI/c1-6-25-23(26-17-22(28(4)5)19-7-9-20(24)10-8-19)27-21-11-13-29(14-12-21)15-16-30-18(2)3;/h7-10,18,21-22H,6,11-17H2,1-5H3,(H2,25,26,27);1H. The molecule has 0 radical (unpaired) electrons. The molecular formula is C23H41ClIN5O. The monoisotopic (exact) mass is 565 g/mol. The molecular weight excluding hydrogens is 525 g/mol. The molecule has 8 heteroatoms. The molecule has 2 N–H and O–H groups in total. The molecule has 0 aromatic heterocycles. The molecule has 31 heavy (non-hydrogen) atoms. The fourth-order valence-corrected chi connectivity index (χ4v) is 3.79. The minimum Gasteiger partial charge on any atom is -0.377 e. The van der Waals surface area contributed by atoms with E-state index in [1.165, 1.54) is 5.56 Å². The smallest absolute Gasteiger partial charge is 0.191 e. The minimum absolute atomic E-state index is 0. The zero-order valence-corrected chi connectivity index (χ0v) is 22.8. The highest BCUT2D eigenvalue weighted by Gasteiger charge is 2.20. The second kappa shape index (κ2) is 15.3. The molecule has 1 aliphatic heterocycles. The molecule has 1 aliphatic rings. The molecule has 1 aromatic carbocycles. The van der Waals surface area contributed by atoms with Crippen molar-refractivity contribution in [3.8, 4) is 0 Å². The second-order valence-electron chi connectivity index (χ2n) is 8.43. The van der Waals surface area contributed by atoms with E-state index in [0.717, 1.165) is 56.6 Å². The minimum atomic E-state index is 0. The highest BCUT2D eigenvalue weighted by atomic mass is 127. The number of hydrogen-bond donors (Lipinski definition) is 2. The molecule has 1 unspecified atom stereocenters. The number of ether oxygens (including phenoxy) is 1. The first-order valence-corrected chi connectivity index (χ1v) is 11.6. The van der Waals surface area contributed by atoms with Gasteiger partial charge < -0.3 is 25.2 Å². The molecule has 0 bridgehead atoms. The lowest BCUT2D eigenvalue weighted by Gasteiger charge is -2.33. The summed E-state index contributed by atoms with van der Waals surface area (Å²) in [4.78, 5) is 9.60. The lowest BCUT2D eigenvalue weighted by atomic mass is 10.1. The molecule has 0 saturated carbocycles. The fraction of sp³-hybridized carbons (Fsp3) is 0.696. The average Bonchev–Trinajstić information content (AvgIpc) is 2.70. The zero-order valence-electron chi connectivity index (χ0n) is 19.7. The first-order valence-electron chi connectivity index (χ1n) is 11.2. The first-order chi connectivity index (χ1) is 14.4. The number of rotatable bonds is 10. The van der Waals surface area contributed by atoms with Crippen LogP contribution in [0, 0.1) is 0 Å². The summed E-state index contributed by atoms with van der Waals surface area (Å²) in [6, 6.07) is 8.73. The molecule has 178 valence electrons. The summed E-state index contributed by atoms with van der Waals surface area (Å²) in [6.45, 7) is 11.9. The van der Waals surface area contributed by atoms with Crippen molar-refractivity contribution >= 4 is 41.5 Å². The highest BCUT2D eigenvalue weighted by Crippen LogP contribution is 2.21. The average molecular weight is 566 g/mol. The van der Waals surface area contributed by atoms with Crippen LogP contribution < -0.4 is 10.6 Å². The van der Waals surface area contributed by atoms with Crippen LogP contribution in [0.4, 0.5) is 0 Å². The summed E-state index contributed by atoms with van der Waals surface area (Å²) in [7, 11) is 4.18. The topological polar surface area (TPSA) is 52.1 Å². The van der Waals surface area contributed by atoms with Gasteiger partial charge in [-0.25, -0.2) is 0 Å². The lowest BCUT2D eigenvalue weighted by Crippen LogP contribution is -2.49. The Hall–Kier alpha value is -0.610. The van der Waals surface area contributed by atoms with Gasteiger partial charge in [-0.05, 0) is 65.4 Å². The number of nitrogens with zero attached hydrogens (tertiary/aromatic N) is 3. The summed E-state index contributed by atoms with van der Waals surface area (Å²) in [5, 5.41) is 7.82. The van der Waals surface area contributed by atoms with Gasteiger partial charge in [0.2, 0.25) is 0 Å². The normalized spacial score (nSPS) is 17.0. The second-order valence-corrected chi connectivity index (χ2v) is 8.87. The Labute approximate surface area is 211 Å². The lowest BCUT2D eigenvalue weighted by molar-refractivity contribution is 0.0532. The molecule has 1 atom stereocenters. The number of hydrogen-bond acceptors (Lipinski definition) is 4. The van der Waals surface area contributed by atoms with E-state index in [4.69, 9.17) is 21.3 Å². The van der Waals surface area contributed by atoms with Crippen molar-refractivity contribution in [3.63, 3.8) is 0 Å². The van der Waals surface area contributed by atoms with Gasteiger partial charge in [-0.1, -0.05) is 23.7 Å². The van der Waals surface area contributed by atoms with Crippen molar-refractivity contribution in [3.05, 3.63) is 34.9 Å². The van der Waals surface area contributed by atoms with Gasteiger partial charge in [0, 0.05) is 37.2 Å². The fourth-order valence-electron chi connectivity index (χ4n) is 3.66. The Morgan fingerprint density at radius 1 is 1.23 bits per heavy atom. The van der Waals surface area contributed by atoms with Crippen LogP contribution in [0.3, 0.4) is 0 Å². The maximum absolute atomic E-state index is 6.05. The summed E-state index contributed by atoms with van der Waals surface area (Å²) >= 11 is 6.05. The highest BCUT2D eigenvalue weighted by molar-refractivity contribution is 14.0. The maximum Gasteiger partial charge on any atom is 0.191 e. The number of nitrogens with one attached hydrogen (secondary N) is 2. The Bertz CT molecular complexity index is 633. The van der Waals surface area contributed by atoms with Crippen LogP contribution in [-0.2, 0) is 4.74 Å². The van der Waals surface area contributed by atoms with Crippen molar-refractivity contribution < 1.29 is 4.74 Å². The van der Waals surface area contributed by atoms with Crippen LogP contribution in [0.1, 0.15) is 45.2 Å². The predicted molar refractivity (Wildman–Crippen MR) is 143 cm³/mol. The third-order valence-corrected chi connectivity index (χ3v) is 5.68. The predicted octanol–water partition coefficient (Wildman–Crippen LogP) is 4.01. The van der Waals surface area contributed by atoms with Gasteiger partial charge in [-0.2, -0.15) is 0 Å². The SMILES string of the molecule is CCNC(=NCC(c1ccc(Cl)cc1)N(C)C)NC1CCN(CCOC(C)C)CC1.I. The summed E-state index contributed by atoms with van der Waals surface area (Å²) in [5.41, 5.74) is 1.22. The summed E-state index contributed by atoms with van der Waals surface area (Å²) < 4.78 is 5.69. The molecule has 2 rings (SSSR count). The third-order valence-electron chi connectivity index (χ3n) is 5.43.